The molecule has 1 aliphatic rings. The molecule has 1 unspecified atom stereocenters. The summed E-state index contributed by atoms with van der Waals surface area (Å²) in [5.74, 6) is 1.47. The Hall–Kier alpha value is -0.940. The van der Waals surface area contributed by atoms with Gasteiger partial charge in [-0.15, -0.1) is 35.3 Å². The maximum Gasteiger partial charge on any atom is 0.239 e. The molecule has 1 amide bonds. The van der Waals surface area contributed by atoms with Crippen molar-refractivity contribution in [1.29, 1.82) is 0 Å². The molecule has 1 atom stereocenters. The van der Waals surface area contributed by atoms with E-state index in [1.165, 1.54) is 0 Å². The normalized spacial score (nSPS) is 17.5. The standard InChI is InChI=1S/C19H34N6OS.HI/c1-14(2)15-13-27-17(23-15)12-22-19(20-3)21-9-7-11-25-10-6-8-16(25)18(26)24(4)5;/h13-14,16H,6-12H2,1-5H3,(H2,20,21,22);1H. The summed E-state index contributed by atoms with van der Waals surface area (Å²) in [5, 5.41) is 9.87. The number of nitrogens with one attached hydrogen (secondary N) is 2. The Bertz CT molecular complexity index is 634. The summed E-state index contributed by atoms with van der Waals surface area (Å²) in [5.41, 5.74) is 1.15. The van der Waals surface area contributed by atoms with Crippen LogP contribution in [0.15, 0.2) is 10.4 Å². The van der Waals surface area contributed by atoms with Gasteiger partial charge in [0.1, 0.15) is 5.01 Å². The number of hydrogen-bond acceptors (Lipinski definition) is 5. The minimum atomic E-state index is 0. The predicted octanol–water partition coefficient (Wildman–Crippen LogP) is 2.49. The molecule has 1 aromatic rings. The minimum absolute atomic E-state index is 0. The number of hydrogen-bond donors (Lipinski definition) is 2. The molecule has 2 N–H and O–H groups in total. The molecular formula is C19H35IN6OS. The molecule has 0 aliphatic carbocycles. The molecule has 1 aliphatic heterocycles. The zero-order valence-electron chi connectivity index (χ0n) is 17.7. The molecule has 1 saturated heterocycles. The van der Waals surface area contributed by atoms with E-state index in [9.17, 15) is 4.79 Å². The van der Waals surface area contributed by atoms with Crippen molar-refractivity contribution in [2.24, 2.45) is 4.99 Å². The number of amides is 1. The van der Waals surface area contributed by atoms with Crippen LogP contribution in [0.1, 0.15) is 49.7 Å². The molecule has 9 heteroatoms. The van der Waals surface area contributed by atoms with Crippen LogP contribution in [0.3, 0.4) is 0 Å². The topological polar surface area (TPSA) is 72.9 Å². The van der Waals surface area contributed by atoms with Crippen LogP contribution in [0.25, 0.3) is 0 Å². The number of thiazole rings is 1. The zero-order valence-corrected chi connectivity index (χ0v) is 20.8. The first-order valence-corrected chi connectivity index (χ1v) is 10.6. The fourth-order valence-corrected chi connectivity index (χ4v) is 4.11. The van der Waals surface area contributed by atoms with Crippen LogP contribution in [-0.4, -0.2) is 73.5 Å². The Labute approximate surface area is 190 Å². The van der Waals surface area contributed by atoms with Gasteiger partial charge in [-0.3, -0.25) is 14.7 Å². The first kappa shape index (κ1) is 25.1. The van der Waals surface area contributed by atoms with Gasteiger partial charge in [0.25, 0.3) is 0 Å². The van der Waals surface area contributed by atoms with Crippen molar-refractivity contribution >= 4 is 47.2 Å². The van der Waals surface area contributed by atoms with Gasteiger partial charge in [-0.25, -0.2) is 4.98 Å². The minimum Gasteiger partial charge on any atom is -0.356 e. The molecule has 2 heterocycles. The number of likely N-dealkylation sites (N-methyl/N-ethyl adjacent to an activating group) is 1. The maximum atomic E-state index is 12.2. The zero-order chi connectivity index (χ0) is 19.8. The lowest BCUT2D eigenvalue weighted by atomic mass is 10.2. The fourth-order valence-electron chi connectivity index (χ4n) is 3.21. The van der Waals surface area contributed by atoms with Gasteiger partial charge in [0.05, 0.1) is 18.3 Å². The molecule has 0 aromatic carbocycles. The highest BCUT2D eigenvalue weighted by Gasteiger charge is 2.30. The number of aliphatic imine (C=N–C) groups is 1. The van der Waals surface area contributed by atoms with Crippen molar-refractivity contribution in [3.63, 3.8) is 0 Å². The first-order valence-electron chi connectivity index (χ1n) is 9.76. The van der Waals surface area contributed by atoms with E-state index in [1.807, 2.05) is 14.1 Å². The molecule has 0 bridgehead atoms. The Morgan fingerprint density at radius 2 is 2.18 bits per heavy atom. The fraction of sp³-hybridized carbons (Fsp3) is 0.737. The van der Waals surface area contributed by atoms with Crippen LogP contribution >= 0.6 is 35.3 Å². The molecule has 28 heavy (non-hydrogen) atoms. The monoisotopic (exact) mass is 522 g/mol. The lowest BCUT2D eigenvalue weighted by molar-refractivity contribution is -0.133. The van der Waals surface area contributed by atoms with E-state index in [2.05, 4.69) is 44.7 Å². The molecule has 2 rings (SSSR count). The van der Waals surface area contributed by atoms with Gasteiger partial charge >= 0.3 is 0 Å². The summed E-state index contributed by atoms with van der Waals surface area (Å²) in [4.78, 5) is 25.2. The number of guanidine groups is 1. The number of carbonyl (C=O) groups is 1. The molecular weight excluding hydrogens is 487 g/mol. The van der Waals surface area contributed by atoms with Crippen LogP contribution < -0.4 is 10.6 Å². The number of aromatic nitrogens is 1. The number of likely N-dealkylation sites (tertiary alicyclic amines) is 1. The van der Waals surface area contributed by atoms with E-state index in [1.54, 1.807) is 23.3 Å². The Morgan fingerprint density at radius 1 is 1.43 bits per heavy atom. The molecule has 0 saturated carbocycles. The Morgan fingerprint density at radius 3 is 2.79 bits per heavy atom. The van der Waals surface area contributed by atoms with Crippen LogP contribution in [0.5, 0.6) is 0 Å². The van der Waals surface area contributed by atoms with Crippen molar-refractivity contribution in [1.82, 2.24) is 25.4 Å². The number of nitrogens with zero attached hydrogens (tertiary/aromatic N) is 4. The molecule has 0 spiro atoms. The van der Waals surface area contributed by atoms with Gasteiger partial charge in [0.15, 0.2) is 5.96 Å². The third kappa shape index (κ3) is 7.47. The molecule has 0 radical (unpaired) electrons. The average Bonchev–Trinajstić information content (AvgIpc) is 3.29. The van der Waals surface area contributed by atoms with Crippen LogP contribution in [-0.2, 0) is 11.3 Å². The quantitative estimate of drug-likeness (QED) is 0.238. The first-order chi connectivity index (χ1) is 12.9. The highest BCUT2D eigenvalue weighted by atomic mass is 127. The lowest BCUT2D eigenvalue weighted by Gasteiger charge is -2.26. The summed E-state index contributed by atoms with van der Waals surface area (Å²) in [6.45, 7) is 7.77. The van der Waals surface area contributed by atoms with E-state index in [0.29, 0.717) is 12.5 Å². The number of rotatable bonds is 8. The van der Waals surface area contributed by atoms with E-state index in [-0.39, 0.29) is 35.9 Å². The van der Waals surface area contributed by atoms with E-state index in [0.717, 1.165) is 55.6 Å². The van der Waals surface area contributed by atoms with Crippen molar-refractivity contribution in [2.45, 2.75) is 51.6 Å². The highest BCUT2D eigenvalue weighted by Crippen LogP contribution is 2.19. The second kappa shape index (κ2) is 12.6. The number of carbonyl (C=O) groups excluding carboxylic acids is 1. The van der Waals surface area contributed by atoms with Gasteiger partial charge in [-0.1, -0.05) is 13.8 Å². The second-order valence-corrected chi connectivity index (χ2v) is 8.40. The van der Waals surface area contributed by atoms with Gasteiger partial charge in [0, 0.05) is 39.6 Å². The molecule has 160 valence electrons. The summed E-state index contributed by atoms with van der Waals surface area (Å²) < 4.78 is 0. The van der Waals surface area contributed by atoms with Gasteiger partial charge < -0.3 is 15.5 Å². The van der Waals surface area contributed by atoms with Crippen LogP contribution in [0.4, 0.5) is 0 Å². The summed E-state index contributed by atoms with van der Waals surface area (Å²) in [6.07, 6.45) is 3.06. The Balaban J connectivity index is 0.00000392. The van der Waals surface area contributed by atoms with Gasteiger partial charge in [-0.2, -0.15) is 0 Å². The third-order valence-electron chi connectivity index (χ3n) is 4.80. The van der Waals surface area contributed by atoms with Crippen LogP contribution in [0, 0.1) is 0 Å². The molecule has 1 aromatic heterocycles. The SMILES string of the molecule is CN=C(NCCCN1CCCC1C(=O)N(C)C)NCc1nc(C(C)C)cs1.I. The van der Waals surface area contributed by atoms with E-state index in [4.69, 9.17) is 0 Å². The van der Waals surface area contributed by atoms with Crippen LogP contribution in [0.2, 0.25) is 0 Å². The summed E-state index contributed by atoms with van der Waals surface area (Å²) in [6, 6.07) is 0.0532. The van der Waals surface area contributed by atoms with E-state index < -0.39 is 0 Å². The smallest absolute Gasteiger partial charge is 0.239 e. The van der Waals surface area contributed by atoms with Crippen molar-refractivity contribution in [2.75, 3.05) is 40.8 Å². The average molecular weight is 523 g/mol. The number of halogens is 1. The van der Waals surface area contributed by atoms with E-state index >= 15 is 0 Å². The highest BCUT2D eigenvalue weighted by molar-refractivity contribution is 14.0. The molecule has 1 fully saturated rings. The van der Waals surface area contributed by atoms with Crippen molar-refractivity contribution < 1.29 is 4.79 Å². The van der Waals surface area contributed by atoms with Crippen molar-refractivity contribution in [3.05, 3.63) is 16.1 Å². The second-order valence-electron chi connectivity index (χ2n) is 7.45. The third-order valence-corrected chi connectivity index (χ3v) is 5.66. The van der Waals surface area contributed by atoms with Gasteiger partial charge in [0.2, 0.25) is 5.91 Å². The Kier molecular flexibility index (Phi) is 11.3. The van der Waals surface area contributed by atoms with Crippen molar-refractivity contribution in [3.8, 4) is 0 Å². The maximum absolute atomic E-state index is 12.2. The molecule has 7 nitrogen and oxygen atoms in total. The lowest BCUT2D eigenvalue weighted by Crippen LogP contribution is -2.44. The summed E-state index contributed by atoms with van der Waals surface area (Å²) >= 11 is 1.68. The summed E-state index contributed by atoms with van der Waals surface area (Å²) in [7, 11) is 5.45. The van der Waals surface area contributed by atoms with Gasteiger partial charge in [-0.05, 0) is 31.7 Å². The largest absolute Gasteiger partial charge is 0.356 e. The predicted molar refractivity (Wildman–Crippen MR) is 128 cm³/mol.